The van der Waals surface area contributed by atoms with Gasteiger partial charge < -0.3 is 4.90 Å². The van der Waals surface area contributed by atoms with E-state index >= 15 is 0 Å². The smallest absolute Gasteiger partial charge is 0.376 e. The number of thiazole rings is 1. The summed E-state index contributed by atoms with van der Waals surface area (Å²) in [6.45, 7) is 4.76. The Morgan fingerprint density at radius 3 is 2.67 bits per heavy atom. The molecule has 3 aromatic rings. The Morgan fingerprint density at radius 2 is 1.94 bits per heavy atom. The molecule has 0 spiro atoms. The highest BCUT2D eigenvalue weighted by atomic mass is 35.5. The molecule has 4 heterocycles. The Labute approximate surface area is 217 Å². The van der Waals surface area contributed by atoms with Crippen LogP contribution in [0.15, 0.2) is 35.8 Å². The standard InChI is InChI=1S/C25H28ClF3N6S/c1-16-11-22(25(27,28)29)33-35(16)10-9-34-7-5-17(6-8-34)24-32-21(15-36-24)23-30-13-19-4-2-3-18(12-26)20(19)14-31-23/h2-4,9-11,15,17,23,30-31H,5-8,12-14H2,1H3. The minimum atomic E-state index is -4.44. The number of halogens is 4. The molecule has 1 aromatic carbocycles. The average molecular weight is 537 g/mol. The summed E-state index contributed by atoms with van der Waals surface area (Å²) in [5, 5.41) is 14.1. The minimum absolute atomic E-state index is 0.0208. The van der Waals surface area contributed by atoms with Crippen molar-refractivity contribution < 1.29 is 13.2 Å². The van der Waals surface area contributed by atoms with Gasteiger partial charge in [0.05, 0.1) is 10.7 Å². The fraction of sp³-hybridized carbons (Fsp3) is 0.440. The van der Waals surface area contributed by atoms with Crippen LogP contribution in [0.3, 0.4) is 0 Å². The average Bonchev–Trinajstić information content (AvgIpc) is 3.44. The third-order valence-electron chi connectivity index (χ3n) is 6.84. The van der Waals surface area contributed by atoms with Crippen molar-refractivity contribution in [3.05, 3.63) is 74.6 Å². The molecule has 0 saturated carbocycles. The van der Waals surface area contributed by atoms with Gasteiger partial charge >= 0.3 is 6.18 Å². The Morgan fingerprint density at radius 1 is 1.17 bits per heavy atom. The van der Waals surface area contributed by atoms with E-state index in [1.807, 2.05) is 6.20 Å². The van der Waals surface area contributed by atoms with Crippen molar-refractivity contribution in [3.63, 3.8) is 0 Å². The molecule has 36 heavy (non-hydrogen) atoms. The highest BCUT2D eigenvalue weighted by Crippen LogP contribution is 2.32. The molecule has 2 aliphatic heterocycles. The minimum Gasteiger partial charge on any atom is -0.376 e. The summed E-state index contributed by atoms with van der Waals surface area (Å²) in [5.74, 6) is 0.878. The number of piperidine rings is 1. The monoisotopic (exact) mass is 536 g/mol. The van der Waals surface area contributed by atoms with Gasteiger partial charge in [-0.2, -0.15) is 18.3 Å². The number of alkyl halides is 4. The summed E-state index contributed by atoms with van der Waals surface area (Å²) in [4.78, 5) is 7.10. The molecule has 11 heteroatoms. The second-order valence-corrected chi connectivity index (χ2v) is 10.4. The van der Waals surface area contributed by atoms with Gasteiger partial charge in [-0.25, -0.2) is 9.67 Å². The van der Waals surface area contributed by atoms with Crippen LogP contribution in [0.5, 0.6) is 0 Å². The summed E-state index contributed by atoms with van der Waals surface area (Å²) in [5.41, 5.74) is 4.27. The van der Waals surface area contributed by atoms with Gasteiger partial charge in [-0.3, -0.25) is 10.6 Å². The van der Waals surface area contributed by atoms with Crippen LogP contribution in [-0.2, 0) is 25.1 Å². The number of aryl methyl sites for hydroxylation is 1. The van der Waals surface area contributed by atoms with E-state index in [2.05, 4.69) is 44.2 Å². The van der Waals surface area contributed by atoms with Gasteiger partial charge in [0.15, 0.2) is 5.69 Å². The first-order valence-corrected chi connectivity index (χ1v) is 13.4. The molecule has 0 aliphatic carbocycles. The van der Waals surface area contributed by atoms with Crippen molar-refractivity contribution in [2.75, 3.05) is 13.1 Å². The number of hydrogen-bond donors (Lipinski definition) is 2. The molecule has 5 rings (SSSR count). The Bertz CT molecular complexity index is 1230. The first-order valence-electron chi connectivity index (χ1n) is 11.9. The zero-order chi connectivity index (χ0) is 25.3. The largest absolute Gasteiger partial charge is 0.435 e. The molecular weight excluding hydrogens is 509 g/mol. The maximum absolute atomic E-state index is 12.9. The Kier molecular flexibility index (Phi) is 7.39. The Hall–Kier alpha value is -2.40. The molecule has 1 atom stereocenters. The van der Waals surface area contributed by atoms with E-state index in [0.717, 1.165) is 61.4 Å². The molecule has 1 fully saturated rings. The maximum Gasteiger partial charge on any atom is 0.435 e. The van der Waals surface area contributed by atoms with Crippen LogP contribution in [0, 0.1) is 6.92 Å². The number of nitrogens with zero attached hydrogens (tertiary/aromatic N) is 4. The summed E-state index contributed by atoms with van der Waals surface area (Å²) in [6, 6.07) is 7.33. The number of likely N-dealkylation sites (tertiary alicyclic amines) is 1. The second kappa shape index (κ2) is 10.5. The molecule has 1 saturated heterocycles. The van der Waals surface area contributed by atoms with E-state index in [1.54, 1.807) is 24.5 Å². The molecule has 2 aromatic heterocycles. The lowest BCUT2D eigenvalue weighted by Gasteiger charge is -2.30. The summed E-state index contributed by atoms with van der Waals surface area (Å²) in [6.07, 6.45) is 0.859. The van der Waals surface area contributed by atoms with Crippen molar-refractivity contribution in [2.24, 2.45) is 0 Å². The third-order valence-corrected chi connectivity index (χ3v) is 8.15. The van der Waals surface area contributed by atoms with Crippen LogP contribution in [0.1, 0.15) is 63.7 Å². The molecule has 0 bridgehead atoms. The van der Waals surface area contributed by atoms with E-state index in [9.17, 15) is 13.2 Å². The number of aromatic nitrogens is 3. The molecule has 2 aliphatic rings. The zero-order valence-electron chi connectivity index (χ0n) is 19.9. The zero-order valence-corrected chi connectivity index (χ0v) is 21.4. The van der Waals surface area contributed by atoms with Crippen molar-refractivity contribution >= 4 is 29.1 Å². The lowest BCUT2D eigenvalue weighted by atomic mass is 9.98. The van der Waals surface area contributed by atoms with Crippen molar-refractivity contribution in [3.8, 4) is 0 Å². The molecule has 1 unspecified atom stereocenters. The van der Waals surface area contributed by atoms with Gasteiger partial charge in [0.2, 0.25) is 0 Å². The Balaban J connectivity index is 1.17. The predicted octanol–water partition coefficient (Wildman–Crippen LogP) is 5.61. The lowest BCUT2D eigenvalue weighted by molar-refractivity contribution is -0.141. The van der Waals surface area contributed by atoms with Crippen LogP contribution in [0.4, 0.5) is 13.2 Å². The highest BCUT2D eigenvalue weighted by Gasteiger charge is 2.34. The quantitative estimate of drug-likeness (QED) is 0.415. The molecule has 2 N–H and O–H groups in total. The third kappa shape index (κ3) is 5.46. The highest BCUT2D eigenvalue weighted by molar-refractivity contribution is 7.09. The van der Waals surface area contributed by atoms with Gasteiger partial charge in [0.1, 0.15) is 6.17 Å². The van der Waals surface area contributed by atoms with E-state index < -0.39 is 11.9 Å². The number of fused-ring (bicyclic) bond motifs is 1. The number of nitrogens with one attached hydrogen (secondary N) is 2. The van der Waals surface area contributed by atoms with Gasteiger partial charge in [0, 0.05) is 61.5 Å². The molecule has 192 valence electrons. The van der Waals surface area contributed by atoms with E-state index in [-0.39, 0.29) is 6.17 Å². The molecule has 6 nitrogen and oxygen atoms in total. The van der Waals surface area contributed by atoms with Crippen LogP contribution in [0.25, 0.3) is 6.20 Å². The van der Waals surface area contributed by atoms with Crippen LogP contribution < -0.4 is 10.6 Å². The van der Waals surface area contributed by atoms with E-state index in [0.29, 0.717) is 17.5 Å². The normalized spacial score (nSPS) is 19.6. The van der Waals surface area contributed by atoms with Crippen molar-refractivity contribution in [1.82, 2.24) is 30.3 Å². The first-order chi connectivity index (χ1) is 17.3. The number of hydrogen-bond acceptors (Lipinski definition) is 6. The van der Waals surface area contributed by atoms with Gasteiger partial charge in [0.25, 0.3) is 0 Å². The number of rotatable bonds is 5. The predicted molar refractivity (Wildman–Crippen MR) is 135 cm³/mol. The SMILES string of the molecule is Cc1cc(C(F)(F)F)nn1C=CN1CCC(c2nc(C3NCc4cccc(CCl)c4CN3)cs2)CC1. The summed E-state index contributed by atoms with van der Waals surface area (Å²) < 4.78 is 39.9. The van der Waals surface area contributed by atoms with E-state index in [4.69, 9.17) is 16.6 Å². The van der Waals surface area contributed by atoms with Crippen LogP contribution in [-0.4, -0.2) is 32.8 Å². The van der Waals surface area contributed by atoms with Gasteiger partial charge in [-0.1, -0.05) is 18.2 Å². The van der Waals surface area contributed by atoms with Crippen LogP contribution in [0.2, 0.25) is 0 Å². The van der Waals surface area contributed by atoms with Gasteiger partial charge in [-0.05, 0) is 42.5 Å². The van der Waals surface area contributed by atoms with Crippen LogP contribution >= 0.6 is 22.9 Å². The molecule has 0 radical (unpaired) electrons. The van der Waals surface area contributed by atoms with Crippen molar-refractivity contribution in [1.29, 1.82) is 0 Å². The summed E-state index contributed by atoms with van der Waals surface area (Å²) in [7, 11) is 0. The maximum atomic E-state index is 12.9. The topological polar surface area (TPSA) is 58.0 Å². The van der Waals surface area contributed by atoms with Crippen molar-refractivity contribution in [2.45, 2.75) is 57.0 Å². The molecule has 0 amide bonds. The van der Waals surface area contributed by atoms with Gasteiger partial charge in [-0.15, -0.1) is 22.9 Å². The first kappa shape index (κ1) is 25.3. The fourth-order valence-corrected chi connectivity index (χ4v) is 6.02. The van der Waals surface area contributed by atoms with E-state index in [1.165, 1.54) is 15.8 Å². The second-order valence-electron chi connectivity index (χ2n) is 9.22. The molecular formula is C25H28ClF3N6S. The lowest BCUT2D eigenvalue weighted by Crippen LogP contribution is -2.31. The fourth-order valence-electron chi connectivity index (χ4n) is 4.75. The number of benzene rings is 1. The summed E-state index contributed by atoms with van der Waals surface area (Å²) >= 11 is 7.83.